The Balaban J connectivity index is 2.37. The first-order valence-electron chi connectivity index (χ1n) is 7.48. The van der Waals surface area contributed by atoms with Crippen LogP contribution in [0.5, 0.6) is 0 Å². The van der Waals surface area contributed by atoms with Crippen molar-refractivity contribution >= 4 is 17.4 Å². The van der Waals surface area contributed by atoms with E-state index < -0.39 is 5.92 Å². The molecular weight excluding hydrogens is 266 g/mol. The minimum absolute atomic E-state index is 0.00268. The lowest BCUT2D eigenvalue weighted by atomic mass is 9.93. The van der Waals surface area contributed by atoms with Crippen molar-refractivity contribution in [2.75, 3.05) is 4.90 Å². The summed E-state index contributed by atoms with van der Waals surface area (Å²) in [6.45, 7) is 4.03. The van der Waals surface area contributed by atoms with Crippen LogP contribution in [0.4, 0.5) is 5.69 Å². The summed E-state index contributed by atoms with van der Waals surface area (Å²) in [5.41, 5.74) is 7.86. The third-order valence-electron chi connectivity index (χ3n) is 4.11. The fourth-order valence-corrected chi connectivity index (χ4v) is 2.95. The molecule has 1 heterocycles. The van der Waals surface area contributed by atoms with Crippen molar-refractivity contribution in [1.82, 2.24) is 0 Å². The van der Waals surface area contributed by atoms with E-state index >= 15 is 0 Å². The molecule has 5 heteroatoms. The van der Waals surface area contributed by atoms with E-state index in [1.54, 1.807) is 0 Å². The summed E-state index contributed by atoms with van der Waals surface area (Å²) in [6.07, 6.45) is 3.29. The van der Waals surface area contributed by atoms with Gasteiger partial charge in [0.1, 0.15) is 0 Å². The second kappa shape index (κ2) is 6.61. The molecule has 0 bridgehead atoms. The zero-order chi connectivity index (χ0) is 15.4. The zero-order valence-corrected chi connectivity index (χ0v) is 12.6. The SMILES string of the molecule is CCCC(C(=O)N1c2ccccc2CCC1C)C(N)=NO. The lowest BCUT2D eigenvalue weighted by Gasteiger charge is -2.37. The van der Waals surface area contributed by atoms with Crippen LogP contribution in [0.2, 0.25) is 0 Å². The van der Waals surface area contributed by atoms with E-state index in [-0.39, 0.29) is 17.8 Å². The Bertz CT molecular complexity index is 542. The molecule has 0 aliphatic carbocycles. The molecule has 1 aromatic carbocycles. The van der Waals surface area contributed by atoms with E-state index in [2.05, 4.69) is 11.2 Å². The van der Waals surface area contributed by atoms with Crippen LogP contribution in [0, 0.1) is 5.92 Å². The number of amides is 1. The van der Waals surface area contributed by atoms with E-state index in [0.29, 0.717) is 6.42 Å². The molecule has 5 nitrogen and oxygen atoms in total. The van der Waals surface area contributed by atoms with Gasteiger partial charge in [-0.3, -0.25) is 4.79 Å². The van der Waals surface area contributed by atoms with E-state index in [9.17, 15) is 4.79 Å². The van der Waals surface area contributed by atoms with Crippen LogP contribution in [0.3, 0.4) is 0 Å². The molecular formula is C16H23N3O2. The molecule has 0 saturated carbocycles. The van der Waals surface area contributed by atoms with Crippen LogP contribution in [0.25, 0.3) is 0 Å². The van der Waals surface area contributed by atoms with E-state index in [1.165, 1.54) is 5.56 Å². The number of hydrogen-bond donors (Lipinski definition) is 2. The number of amidine groups is 1. The lowest BCUT2D eigenvalue weighted by Crippen LogP contribution is -2.48. The number of carbonyl (C=O) groups is 1. The number of rotatable bonds is 4. The second-order valence-electron chi connectivity index (χ2n) is 5.59. The van der Waals surface area contributed by atoms with Crippen molar-refractivity contribution in [3.63, 3.8) is 0 Å². The molecule has 1 aliphatic rings. The summed E-state index contributed by atoms with van der Waals surface area (Å²) in [4.78, 5) is 14.7. The number of para-hydroxylation sites is 1. The van der Waals surface area contributed by atoms with Crippen molar-refractivity contribution in [3.8, 4) is 0 Å². The molecule has 0 saturated heterocycles. The minimum Gasteiger partial charge on any atom is -0.409 e. The fourth-order valence-electron chi connectivity index (χ4n) is 2.95. The highest BCUT2D eigenvalue weighted by Crippen LogP contribution is 2.32. The maximum atomic E-state index is 12.9. The molecule has 2 rings (SSSR count). The molecule has 21 heavy (non-hydrogen) atoms. The van der Waals surface area contributed by atoms with Crippen molar-refractivity contribution < 1.29 is 10.0 Å². The Morgan fingerprint density at radius 2 is 2.24 bits per heavy atom. The molecule has 1 aliphatic heterocycles. The van der Waals surface area contributed by atoms with Gasteiger partial charge in [0.15, 0.2) is 5.84 Å². The van der Waals surface area contributed by atoms with Gasteiger partial charge < -0.3 is 15.8 Å². The van der Waals surface area contributed by atoms with Gasteiger partial charge in [0.2, 0.25) is 5.91 Å². The van der Waals surface area contributed by atoms with Gasteiger partial charge in [0, 0.05) is 11.7 Å². The highest BCUT2D eigenvalue weighted by molar-refractivity contribution is 6.09. The number of hydrogen-bond acceptors (Lipinski definition) is 3. The van der Waals surface area contributed by atoms with Gasteiger partial charge in [0.25, 0.3) is 0 Å². The summed E-state index contributed by atoms with van der Waals surface area (Å²) in [5.74, 6) is -0.641. The van der Waals surface area contributed by atoms with Crippen molar-refractivity contribution in [2.24, 2.45) is 16.8 Å². The number of fused-ring (bicyclic) bond motifs is 1. The normalized spacial score (nSPS) is 20.0. The number of aryl methyl sites for hydroxylation is 1. The van der Waals surface area contributed by atoms with Gasteiger partial charge in [-0.15, -0.1) is 0 Å². The molecule has 0 radical (unpaired) electrons. The van der Waals surface area contributed by atoms with Crippen LogP contribution < -0.4 is 10.6 Å². The number of nitrogens with zero attached hydrogens (tertiary/aromatic N) is 2. The van der Waals surface area contributed by atoms with Crippen LogP contribution >= 0.6 is 0 Å². The zero-order valence-electron chi connectivity index (χ0n) is 12.6. The van der Waals surface area contributed by atoms with Gasteiger partial charge in [-0.2, -0.15) is 0 Å². The van der Waals surface area contributed by atoms with Gasteiger partial charge in [-0.25, -0.2) is 0 Å². The molecule has 1 amide bonds. The summed E-state index contributed by atoms with van der Waals surface area (Å²) in [7, 11) is 0. The number of benzene rings is 1. The maximum absolute atomic E-state index is 12.9. The highest BCUT2D eigenvalue weighted by atomic mass is 16.4. The lowest BCUT2D eigenvalue weighted by molar-refractivity contribution is -0.121. The number of anilines is 1. The summed E-state index contributed by atoms with van der Waals surface area (Å²) < 4.78 is 0. The van der Waals surface area contributed by atoms with Crippen molar-refractivity contribution in [3.05, 3.63) is 29.8 Å². The van der Waals surface area contributed by atoms with Crippen LogP contribution in [0.1, 0.15) is 38.7 Å². The maximum Gasteiger partial charge on any atom is 0.238 e. The van der Waals surface area contributed by atoms with E-state index in [4.69, 9.17) is 10.9 Å². The van der Waals surface area contributed by atoms with Crippen molar-refractivity contribution in [1.29, 1.82) is 0 Å². The monoisotopic (exact) mass is 289 g/mol. The van der Waals surface area contributed by atoms with Crippen LogP contribution in [-0.2, 0) is 11.2 Å². The first kappa shape index (κ1) is 15.4. The van der Waals surface area contributed by atoms with E-state index in [1.807, 2.05) is 36.9 Å². The Labute approximate surface area is 125 Å². The Morgan fingerprint density at radius 1 is 1.52 bits per heavy atom. The van der Waals surface area contributed by atoms with Crippen molar-refractivity contribution in [2.45, 2.75) is 45.6 Å². The average molecular weight is 289 g/mol. The van der Waals surface area contributed by atoms with Crippen LogP contribution in [0.15, 0.2) is 29.4 Å². The topological polar surface area (TPSA) is 78.9 Å². The predicted molar refractivity (Wildman–Crippen MR) is 83.5 cm³/mol. The molecule has 0 spiro atoms. The molecule has 2 unspecified atom stereocenters. The van der Waals surface area contributed by atoms with E-state index in [0.717, 1.165) is 24.9 Å². The molecule has 1 aromatic rings. The average Bonchev–Trinajstić information content (AvgIpc) is 2.51. The summed E-state index contributed by atoms with van der Waals surface area (Å²) in [5, 5.41) is 12.0. The number of carbonyl (C=O) groups excluding carboxylic acids is 1. The van der Waals surface area contributed by atoms with Gasteiger partial charge in [0.05, 0.1) is 5.92 Å². The quantitative estimate of drug-likeness (QED) is 0.387. The second-order valence-corrected chi connectivity index (χ2v) is 5.59. The Hall–Kier alpha value is -2.04. The number of nitrogens with two attached hydrogens (primary N) is 1. The first-order valence-corrected chi connectivity index (χ1v) is 7.48. The van der Waals surface area contributed by atoms with Gasteiger partial charge >= 0.3 is 0 Å². The molecule has 3 N–H and O–H groups in total. The standard InChI is InChI=1S/C16H23N3O2/c1-3-6-13(15(17)18-21)16(20)19-11(2)9-10-12-7-4-5-8-14(12)19/h4-5,7-8,11,13,21H,3,6,9-10H2,1-2H3,(H2,17,18). The third kappa shape index (κ3) is 3.01. The minimum atomic E-state index is -0.561. The molecule has 114 valence electrons. The summed E-state index contributed by atoms with van der Waals surface area (Å²) >= 11 is 0. The molecule has 2 atom stereocenters. The van der Waals surface area contributed by atoms with Crippen LogP contribution in [-0.4, -0.2) is 23.0 Å². The summed E-state index contributed by atoms with van der Waals surface area (Å²) in [6, 6.07) is 8.08. The molecule has 0 fully saturated rings. The smallest absolute Gasteiger partial charge is 0.238 e. The largest absolute Gasteiger partial charge is 0.409 e. The van der Waals surface area contributed by atoms with Gasteiger partial charge in [-0.1, -0.05) is 36.7 Å². The highest BCUT2D eigenvalue weighted by Gasteiger charge is 2.34. The fraction of sp³-hybridized carbons (Fsp3) is 0.500. The number of oxime groups is 1. The Morgan fingerprint density at radius 3 is 2.90 bits per heavy atom. The first-order chi connectivity index (χ1) is 10.1. The third-order valence-corrected chi connectivity index (χ3v) is 4.11. The van der Waals surface area contributed by atoms with Gasteiger partial charge in [-0.05, 0) is 37.8 Å². The Kier molecular flexibility index (Phi) is 4.83. The predicted octanol–water partition coefficient (Wildman–Crippen LogP) is 2.52. The molecule has 0 aromatic heterocycles.